The number of hydrogen-bond donors (Lipinski definition) is 2. The van der Waals surface area contributed by atoms with Gasteiger partial charge in [0.2, 0.25) is 0 Å². The van der Waals surface area contributed by atoms with Crippen molar-refractivity contribution in [3.05, 3.63) is 65.5 Å². The van der Waals surface area contributed by atoms with Gasteiger partial charge in [-0.3, -0.25) is 9.78 Å². The maximum absolute atomic E-state index is 13.2. The zero-order valence-electron chi connectivity index (χ0n) is 11.8. The highest BCUT2D eigenvalue weighted by atomic mass is 19.2. The molecule has 1 aromatic heterocycles. The Bertz CT molecular complexity index is 635. The summed E-state index contributed by atoms with van der Waals surface area (Å²) in [5.74, 6) is -2.41. The quantitative estimate of drug-likeness (QED) is 0.857. The number of carbonyl (C=O) groups excluding carboxylic acids is 1. The van der Waals surface area contributed by atoms with Crippen molar-refractivity contribution in [1.82, 2.24) is 10.3 Å². The first kappa shape index (κ1) is 16.0. The summed E-state index contributed by atoms with van der Waals surface area (Å²) in [6, 6.07) is 6.89. The molecule has 2 rings (SSSR count). The average molecular weight is 306 g/mol. The summed E-state index contributed by atoms with van der Waals surface area (Å²) in [7, 11) is 0. The largest absolute Gasteiger partial charge is 0.396 e. The molecule has 0 aliphatic rings. The van der Waals surface area contributed by atoms with Crippen LogP contribution >= 0.6 is 0 Å². The Balaban J connectivity index is 1.92. The summed E-state index contributed by atoms with van der Waals surface area (Å²) in [5, 5.41) is 12.1. The fourth-order valence-electron chi connectivity index (χ4n) is 2.04. The molecule has 0 bridgehead atoms. The monoisotopic (exact) mass is 306 g/mol. The second-order valence-corrected chi connectivity index (χ2v) is 4.95. The van der Waals surface area contributed by atoms with Crippen LogP contribution in [0.4, 0.5) is 8.78 Å². The van der Waals surface area contributed by atoms with Crippen LogP contribution in [-0.2, 0) is 6.42 Å². The van der Waals surface area contributed by atoms with Crippen LogP contribution in [0.2, 0.25) is 0 Å². The number of aliphatic hydroxyl groups is 1. The molecule has 6 heteroatoms. The highest BCUT2D eigenvalue weighted by molar-refractivity contribution is 5.93. The lowest BCUT2D eigenvalue weighted by molar-refractivity contribution is 0.0939. The van der Waals surface area contributed by atoms with Crippen molar-refractivity contribution in [3.8, 4) is 0 Å². The Morgan fingerprint density at radius 3 is 2.73 bits per heavy atom. The third kappa shape index (κ3) is 4.33. The number of nitrogens with one attached hydrogen (secondary N) is 1. The van der Waals surface area contributed by atoms with Crippen LogP contribution in [0.1, 0.15) is 15.9 Å². The second-order valence-electron chi connectivity index (χ2n) is 4.95. The van der Waals surface area contributed by atoms with Crippen LogP contribution in [0.25, 0.3) is 0 Å². The normalized spacial score (nSPS) is 12.0. The number of halogens is 2. The average Bonchev–Trinajstić information content (AvgIpc) is 2.55. The Kier molecular flexibility index (Phi) is 5.55. The molecule has 116 valence electrons. The van der Waals surface area contributed by atoms with E-state index in [4.69, 9.17) is 0 Å². The molecule has 0 radical (unpaired) electrons. The van der Waals surface area contributed by atoms with Gasteiger partial charge in [-0.2, -0.15) is 0 Å². The number of rotatable bonds is 6. The molecular formula is C16H16F2N2O2. The minimum Gasteiger partial charge on any atom is -0.396 e. The summed E-state index contributed by atoms with van der Waals surface area (Å²) in [5.41, 5.74) is 0.987. The van der Waals surface area contributed by atoms with E-state index in [2.05, 4.69) is 10.3 Å². The maximum atomic E-state index is 13.2. The summed E-state index contributed by atoms with van der Waals surface area (Å²) >= 11 is 0. The topological polar surface area (TPSA) is 62.2 Å². The number of aliphatic hydroxyl groups excluding tert-OH is 1. The van der Waals surface area contributed by atoms with Crippen molar-refractivity contribution in [2.24, 2.45) is 5.92 Å². The molecule has 0 aliphatic carbocycles. The van der Waals surface area contributed by atoms with Gasteiger partial charge < -0.3 is 10.4 Å². The first-order valence-electron chi connectivity index (χ1n) is 6.83. The van der Waals surface area contributed by atoms with Crippen LogP contribution in [0.15, 0.2) is 42.7 Å². The molecular weight excluding hydrogens is 290 g/mol. The van der Waals surface area contributed by atoms with Crippen molar-refractivity contribution in [1.29, 1.82) is 0 Å². The molecule has 4 nitrogen and oxygen atoms in total. The molecule has 22 heavy (non-hydrogen) atoms. The van der Waals surface area contributed by atoms with Gasteiger partial charge in [-0.15, -0.1) is 0 Å². The maximum Gasteiger partial charge on any atom is 0.252 e. The number of nitrogens with zero attached hydrogens (tertiary/aromatic N) is 1. The fraction of sp³-hybridized carbons (Fsp3) is 0.250. The Morgan fingerprint density at radius 2 is 2.09 bits per heavy atom. The van der Waals surface area contributed by atoms with Gasteiger partial charge in [0, 0.05) is 31.5 Å². The molecule has 2 aromatic rings. The van der Waals surface area contributed by atoms with E-state index in [1.54, 1.807) is 18.3 Å². The third-order valence-electron chi connectivity index (χ3n) is 3.24. The Hall–Kier alpha value is -2.34. The van der Waals surface area contributed by atoms with E-state index in [-0.39, 0.29) is 25.0 Å². The lowest BCUT2D eigenvalue weighted by Gasteiger charge is -2.15. The highest BCUT2D eigenvalue weighted by Gasteiger charge is 2.13. The fourth-order valence-corrected chi connectivity index (χ4v) is 2.04. The van der Waals surface area contributed by atoms with Gasteiger partial charge in [0.1, 0.15) is 0 Å². The molecule has 0 saturated heterocycles. The molecule has 1 amide bonds. The molecule has 1 heterocycles. The Morgan fingerprint density at radius 1 is 1.27 bits per heavy atom. The number of pyridine rings is 1. The first-order chi connectivity index (χ1) is 10.6. The van der Waals surface area contributed by atoms with Gasteiger partial charge in [0.15, 0.2) is 11.6 Å². The zero-order valence-corrected chi connectivity index (χ0v) is 11.8. The van der Waals surface area contributed by atoms with Crippen LogP contribution in [0, 0.1) is 17.6 Å². The highest BCUT2D eigenvalue weighted by Crippen LogP contribution is 2.13. The first-order valence-corrected chi connectivity index (χ1v) is 6.83. The zero-order chi connectivity index (χ0) is 15.9. The van der Waals surface area contributed by atoms with Crippen molar-refractivity contribution in [3.63, 3.8) is 0 Å². The van der Waals surface area contributed by atoms with Gasteiger partial charge in [0.25, 0.3) is 5.91 Å². The van der Waals surface area contributed by atoms with Crippen LogP contribution < -0.4 is 5.32 Å². The molecule has 0 fully saturated rings. The van der Waals surface area contributed by atoms with Crippen LogP contribution in [-0.4, -0.2) is 29.1 Å². The SMILES string of the molecule is O=C(NC[C@H](CO)Cc1ccc(F)c(F)c1)c1cccnc1. The number of amides is 1. The molecule has 0 aliphatic heterocycles. The predicted octanol–water partition coefficient (Wildman–Crippen LogP) is 1.94. The van der Waals surface area contributed by atoms with E-state index in [1.165, 1.54) is 12.3 Å². The number of benzene rings is 1. The van der Waals surface area contributed by atoms with E-state index in [9.17, 15) is 18.7 Å². The molecule has 1 aromatic carbocycles. The van der Waals surface area contributed by atoms with Gasteiger partial charge in [-0.25, -0.2) is 8.78 Å². The lowest BCUT2D eigenvalue weighted by Crippen LogP contribution is -2.31. The van der Waals surface area contributed by atoms with Gasteiger partial charge in [0.05, 0.1) is 5.56 Å². The van der Waals surface area contributed by atoms with E-state index in [0.717, 1.165) is 12.1 Å². The van der Waals surface area contributed by atoms with Crippen molar-refractivity contribution in [2.45, 2.75) is 6.42 Å². The summed E-state index contributed by atoms with van der Waals surface area (Å²) < 4.78 is 26.0. The summed E-state index contributed by atoms with van der Waals surface area (Å²) in [4.78, 5) is 15.7. The van der Waals surface area contributed by atoms with Crippen molar-refractivity contribution < 1.29 is 18.7 Å². The van der Waals surface area contributed by atoms with Gasteiger partial charge in [-0.05, 0) is 36.2 Å². The Labute approximate surface area is 126 Å². The van der Waals surface area contributed by atoms with Gasteiger partial charge >= 0.3 is 0 Å². The van der Waals surface area contributed by atoms with E-state index >= 15 is 0 Å². The van der Waals surface area contributed by atoms with E-state index in [1.807, 2.05) is 0 Å². The minimum absolute atomic E-state index is 0.174. The number of hydrogen-bond acceptors (Lipinski definition) is 3. The van der Waals surface area contributed by atoms with Gasteiger partial charge in [-0.1, -0.05) is 6.07 Å². The molecule has 2 N–H and O–H groups in total. The second kappa shape index (κ2) is 7.61. The van der Waals surface area contributed by atoms with Crippen LogP contribution in [0.5, 0.6) is 0 Å². The van der Waals surface area contributed by atoms with Crippen molar-refractivity contribution in [2.75, 3.05) is 13.2 Å². The molecule has 0 unspecified atom stereocenters. The lowest BCUT2D eigenvalue weighted by atomic mass is 9.99. The number of carbonyl (C=O) groups is 1. The standard InChI is InChI=1S/C16H16F2N2O2/c17-14-4-3-11(7-15(14)18)6-12(10-21)8-20-16(22)13-2-1-5-19-9-13/h1-5,7,9,12,21H,6,8,10H2,(H,20,22)/t12-/m1/s1. The van der Waals surface area contributed by atoms with Crippen molar-refractivity contribution >= 4 is 5.91 Å². The smallest absolute Gasteiger partial charge is 0.252 e. The van der Waals surface area contributed by atoms with E-state index in [0.29, 0.717) is 17.5 Å². The number of aromatic nitrogens is 1. The molecule has 1 atom stereocenters. The third-order valence-corrected chi connectivity index (χ3v) is 3.24. The molecule has 0 saturated carbocycles. The summed E-state index contributed by atoms with van der Waals surface area (Å²) in [6.45, 7) is 0.0511. The summed E-state index contributed by atoms with van der Waals surface area (Å²) in [6.07, 6.45) is 3.34. The van der Waals surface area contributed by atoms with E-state index < -0.39 is 11.6 Å². The van der Waals surface area contributed by atoms with Crippen LogP contribution in [0.3, 0.4) is 0 Å². The molecule has 0 spiro atoms. The minimum atomic E-state index is -0.923. The predicted molar refractivity (Wildman–Crippen MR) is 77.2 cm³/mol.